The molecule has 3 nitrogen and oxygen atoms in total. The Labute approximate surface area is 117 Å². The first-order valence-corrected chi connectivity index (χ1v) is 7.18. The molecule has 2 N–H and O–H groups in total. The van der Waals surface area contributed by atoms with Crippen LogP contribution < -0.4 is 10.1 Å². The van der Waals surface area contributed by atoms with Gasteiger partial charge in [-0.15, -0.1) is 0 Å². The molecule has 1 unspecified atom stereocenters. The van der Waals surface area contributed by atoms with Gasteiger partial charge in [0.05, 0.1) is 12.7 Å². The number of hydrogen-bond acceptors (Lipinski definition) is 3. The molecule has 0 bridgehead atoms. The highest BCUT2D eigenvalue weighted by Gasteiger charge is 1.99. The van der Waals surface area contributed by atoms with E-state index in [-0.39, 0.29) is 6.10 Å². The zero-order valence-electron chi connectivity index (χ0n) is 12.4. The first-order chi connectivity index (χ1) is 9.08. The van der Waals surface area contributed by atoms with Crippen LogP contribution in [0.4, 0.5) is 0 Å². The molecule has 0 saturated heterocycles. The molecule has 0 saturated carbocycles. The second-order valence-electron chi connectivity index (χ2n) is 5.49. The van der Waals surface area contributed by atoms with Crippen molar-refractivity contribution in [3.05, 3.63) is 29.8 Å². The van der Waals surface area contributed by atoms with Crippen molar-refractivity contribution in [2.75, 3.05) is 13.2 Å². The molecule has 3 heteroatoms. The fourth-order valence-corrected chi connectivity index (χ4v) is 1.66. The molecule has 1 atom stereocenters. The van der Waals surface area contributed by atoms with Crippen LogP contribution in [-0.2, 0) is 6.54 Å². The lowest BCUT2D eigenvalue weighted by molar-refractivity contribution is 0.183. The summed E-state index contributed by atoms with van der Waals surface area (Å²) in [6.07, 6.45) is 1.64. The molecule has 0 spiro atoms. The number of ether oxygens (including phenoxy) is 1. The Hall–Kier alpha value is -1.06. The Bertz CT molecular complexity index is 333. The van der Waals surface area contributed by atoms with E-state index in [0.717, 1.165) is 38.3 Å². The molecule has 0 aliphatic rings. The summed E-state index contributed by atoms with van der Waals surface area (Å²) in [5.41, 5.74) is 1.24. The van der Waals surface area contributed by atoms with E-state index in [9.17, 15) is 0 Å². The van der Waals surface area contributed by atoms with Crippen molar-refractivity contribution in [3.8, 4) is 5.75 Å². The summed E-state index contributed by atoms with van der Waals surface area (Å²) in [6, 6.07) is 8.21. The van der Waals surface area contributed by atoms with Crippen LogP contribution in [0.5, 0.6) is 5.75 Å². The monoisotopic (exact) mass is 265 g/mol. The lowest BCUT2D eigenvalue weighted by Gasteiger charge is -2.09. The molecule has 0 fully saturated rings. The normalized spacial score (nSPS) is 12.7. The molecule has 108 valence electrons. The molecule has 1 aromatic carbocycles. The number of rotatable bonds is 9. The van der Waals surface area contributed by atoms with Crippen molar-refractivity contribution in [1.82, 2.24) is 5.32 Å². The molecule has 0 amide bonds. The van der Waals surface area contributed by atoms with Gasteiger partial charge in [-0.3, -0.25) is 0 Å². The Balaban J connectivity index is 2.23. The maximum atomic E-state index is 9.15. The highest BCUT2D eigenvalue weighted by atomic mass is 16.5. The second kappa shape index (κ2) is 8.94. The van der Waals surface area contributed by atoms with E-state index in [1.165, 1.54) is 5.56 Å². The summed E-state index contributed by atoms with van der Waals surface area (Å²) >= 11 is 0. The Morgan fingerprint density at radius 2 is 1.79 bits per heavy atom. The van der Waals surface area contributed by atoms with Gasteiger partial charge in [0, 0.05) is 6.54 Å². The third kappa shape index (κ3) is 7.85. The second-order valence-corrected chi connectivity index (χ2v) is 5.49. The predicted molar refractivity (Wildman–Crippen MR) is 79.4 cm³/mol. The quantitative estimate of drug-likeness (QED) is 0.674. The van der Waals surface area contributed by atoms with E-state index in [2.05, 4.69) is 31.3 Å². The van der Waals surface area contributed by atoms with Crippen molar-refractivity contribution in [2.24, 2.45) is 5.92 Å². The van der Waals surface area contributed by atoms with Crippen molar-refractivity contribution >= 4 is 0 Å². The third-order valence-corrected chi connectivity index (χ3v) is 2.96. The van der Waals surface area contributed by atoms with Crippen LogP contribution >= 0.6 is 0 Å². The molecule has 1 aromatic rings. The first-order valence-electron chi connectivity index (χ1n) is 7.18. The van der Waals surface area contributed by atoms with Gasteiger partial charge in [0.15, 0.2) is 0 Å². The summed E-state index contributed by atoms with van der Waals surface area (Å²) < 4.78 is 5.68. The van der Waals surface area contributed by atoms with Crippen LogP contribution in [0.25, 0.3) is 0 Å². The van der Waals surface area contributed by atoms with E-state index in [1.807, 2.05) is 19.1 Å². The highest BCUT2D eigenvalue weighted by Crippen LogP contribution is 2.13. The zero-order valence-corrected chi connectivity index (χ0v) is 12.4. The lowest BCUT2D eigenvalue weighted by atomic mass is 10.1. The third-order valence-electron chi connectivity index (χ3n) is 2.96. The molecule has 0 aromatic heterocycles. The number of hydrogen-bond donors (Lipinski definition) is 2. The Morgan fingerprint density at radius 3 is 2.37 bits per heavy atom. The maximum absolute atomic E-state index is 9.15. The van der Waals surface area contributed by atoms with Crippen molar-refractivity contribution < 1.29 is 9.84 Å². The molecule has 0 aliphatic heterocycles. The van der Waals surface area contributed by atoms with E-state index in [1.54, 1.807) is 0 Å². The van der Waals surface area contributed by atoms with Gasteiger partial charge in [-0.05, 0) is 49.9 Å². The van der Waals surface area contributed by atoms with Crippen LogP contribution in [0, 0.1) is 5.92 Å². The number of aliphatic hydroxyl groups excluding tert-OH is 1. The molecule has 0 aliphatic carbocycles. The van der Waals surface area contributed by atoms with Gasteiger partial charge >= 0.3 is 0 Å². The molecule has 19 heavy (non-hydrogen) atoms. The van der Waals surface area contributed by atoms with Gasteiger partial charge in [-0.25, -0.2) is 0 Å². The number of benzene rings is 1. The molecule has 0 heterocycles. The zero-order chi connectivity index (χ0) is 14.1. The molecular formula is C16H27NO2. The smallest absolute Gasteiger partial charge is 0.119 e. The van der Waals surface area contributed by atoms with Crippen molar-refractivity contribution in [2.45, 2.75) is 46.3 Å². The molecule has 0 radical (unpaired) electrons. The van der Waals surface area contributed by atoms with Crippen LogP contribution in [0.2, 0.25) is 0 Å². The van der Waals surface area contributed by atoms with Gasteiger partial charge < -0.3 is 15.2 Å². The fraction of sp³-hybridized carbons (Fsp3) is 0.625. The topological polar surface area (TPSA) is 41.5 Å². The fourth-order valence-electron chi connectivity index (χ4n) is 1.66. The van der Waals surface area contributed by atoms with Crippen LogP contribution in [-0.4, -0.2) is 24.4 Å². The summed E-state index contributed by atoms with van der Waals surface area (Å²) in [7, 11) is 0. The average Bonchev–Trinajstić information content (AvgIpc) is 2.36. The minimum Gasteiger partial charge on any atom is -0.494 e. The van der Waals surface area contributed by atoms with Gasteiger partial charge in [0.2, 0.25) is 0 Å². The highest BCUT2D eigenvalue weighted by molar-refractivity contribution is 5.27. The molecule has 1 rings (SSSR count). The Kier molecular flexibility index (Phi) is 7.53. The van der Waals surface area contributed by atoms with Crippen LogP contribution in [0.1, 0.15) is 39.2 Å². The standard InChI is InChI=1S/C16H27NO2/c1-13(2)9-11-19-16-6-4-15(5-7-16)12-17-10-8-14(3)18/h4-7,13-14,17-18H,8-12H2,1-3H3. The predicted octanol–water partition coefficient (Wildman–Crippen LogP) is 2.97. The van der Waals surface area contributed by atoms with Crippen molar-refractivity contribution in [3.63, 3.8) is 0 Å². The summed E-state index contributed by atoms with van der Waals surface area (Å²) in [5, 5.41) is 12.5. The summed E-state index contributed by atoms with van der Waals surface area (Å²) in [4.78, 5) is 0. The van der Waals surface area contributed by atoms with Crippen molar-refractivity contribution in [1.29, 1.82) is 0 Å². The Morgan fingerprint density at radius 1 is 1.11 bits per heavy atom. The van der Waals surface area contributed by atoms with E-state index < -0.39 is 0 Å². The van der Waals surface area contributed by atoms with Gasteiger partial charge in [-0.2, -0.15) is 0 Å². The largest absolute Gasteiger partial charge is 0.494 e. The SMILES string of the molecule is CC(C)CCOc1ccc(CNCCC(C)O)cc1. The van der Waals surface area contributed by atoms with Gasteiger partial charge in [-0.1, -0.05) is 26.0 Å². The minimum atomic E-state index is -0.232. The average molecular weight is 265 g/mol. The summed E-state index contributed by atoms with van der Waals surface area (Å²) in [6.45, 7) is 8.66. The molecular weight excluding hydrogens is 238 g/mol. The van der Waals surface area contributed by atoms with E-state index in [0.29, 0.717) is 5.92 Å². The minimum absolute atomic E-state index is 0.232. The van der Waals surface area contributed by atoms with Gasteiger partial charge in [0.25, 0.3) is 0 Å². The number of nitrogens with one attached hydrogen (secondary N) is 1. The maximum Gasteiger partial charge on any atom is 0.119 e. The first kappa shape index (κ1) is 16.0. The van der Waals surface area contributed by atoms with Crippen LogP contribution in [0.15, 0.2) is 24.3 Å². The van der Waals surface area contributed by atoms with E-state index in [4.69, 9.17) is 9.84 Å². The number of aliphatic hydroxyl groups is 1. The van der Waals surface area contributed by atoms with Gasteiger partial charge in [0.1, 0.15) is 5.75 Å². The van der Waals surface area contributed by atoms with Crippen LogP contribution in [0.3, 0.4) is 0 Å². The lowest BCUT2D eigenvalue weighted by Crippen LogP contribution is -2.18. The van der Waals surface area contributed by atoms with E-state index >= 15 is 0 Å². The summed E-state index contributed by atoms with van der Waals surface area (Å²) in [5.74, 6) is 1.62.